The van der Waals surface area contributed by atoms with E-state index in [2.05, 4.69) is 19.9 Å². The Morgan fingerprint density at radius 3 is 3.00 bits per heavy atom. The third-order valence-corrected chi connectivity index (χ3v) is 5.99. The summed E-state index contributed by atoms with van der Waals surface area (Å²) in [6.45, 7) is 6.40. The Morgan fingerprint density at radius 2 is 2.21 bits per heavy atom. The highest BCUT2D eigenvalue weighted by Crippen LogP contribution is 2.29. The first-order chi connectivity index (χ1) is 13.5. The molecule has 1 aliphatic heterocycles. The summed E-state index contributed by atoms with van der Waals surface area (Å²) in [6, 6.07) is 7.94. The predicted molar refractivity (Wildman–Crippen MR) is 111 cm³/mol. The van der Waals surface area contributed by atoms with Crippen LogP contribution in [0.2, 0.25) is 0 Å². The van der Waals surface area contributed by atoms with Gasteiger partial charge in [0, 0.05) is 48.6 Å². The third-order valence-electron chi connectivity index (χ3n) is 4.96. The number of fused-ring (bicyclic) bond motifs is 1. The van der Waals surface area contributed by atoms with Crippen molar-refractivity contribution in [3.8, 4) is 16.3 Å². The van der Waals surface area contributed by atoms with Gasteiger partial charge in [-0.1, -0.05) is 26.0 Å². The Balaban J connectivity index is 1.49. The van der Waals surface area contributed by atoms with E-state index in [0.717, 1.165) is 52.9 Å². The first-order valence-electron chi connectivity index (χ1n) is 9.47. The van der Waals surface area contributed by atoms with Crippen LogP contribution in [-0.4, -0.2) is 33.5 Å². The number of thiazole rings is 1. The van der Waals surface area contributed by atoms with Crippen LogP contribution in [0.25, 0.3) is 10.6 Å². The van der Waals surface area contributed by atoms with Crippen molar-refractivity contribution in [2.24, 2.45) is 0 Å². The van der Waals surface area contributed by atoms with Gasteiger partial charge in [0.1, 0.15) is 16.6 Å². The van der Waals surface area contributed by atoms with Crippen molar-refractivity contribution in [2.75, 3.05) is 13.7 Å². The van der Waals surface area contributed by atoms with Gasteiger partial charge in [0.05, 0.1) is 18.4 Å². The van der Waals surface area contributed by atoms with Gasteiger partial charge >= 0.3 is 0 Å². The quantitative estimate of drug-likeness (QED) is 0.714. The number of hydrogen-bond donors (Lipinski definition) is 1. The normalized spacial score (nSPS) is 14.3. The van der Waals surface area contributed by atoms with Crippen molar-refractivity contribution in [3.63, 3.8) is 0 Å². The Hall–Kier alpha value is -2.51. The molecule has 2 aromatic heterocycles. The molecule has 0 atom stereocenters. The summed E-state index contributed by atoms with van der Waals surface area (Å²) in [5, 5.41) is 0.979. The summed E-state index contributed by atoms with van der Waals surface area (Å²) in [4.78, 5) is 28.2. The Kier molecular flexibility index (Phi) is 5.28. The average molecular weight is 397 g/mol. The summed E-state index contributed by atoms with van der Waals surface area (Å²) in [5.41, 5.74) is 2.81. The number of ether oxygens (including phenoxy) is 1. The van der Waals surface area contributed by atoms with Crippen molar-refractivity contribution < 1.29 is 4.74 Å². The van der Waals surface area contributed by atoms with E-state index in [1.807, 2.05) is 44.3 Å². The molecule has 0 saturated carbocycles. The van der Waals surface area contributed by atoms with Crippen molar-refractivity contribution in [3.05, 3.63) is 62.8 Å². The summed E-state index contributed by atoms with van der Waals surface area (Å²) >= 11 is 1.68. The van der Waals surface area contributed by atoms with Gasteiger partial charge in [-0.2, -0.15) is 0 Å². The van der Waals surface area contributed by atoms with Crippen molar-refractivity contribution in [1.29, 1.82) is 0 Å². The number of nitrogens with one attached hydrogen (secondary N) is 1. The Bertz CT molecular complexity index is 1040. The highest BCUT2D eigenvalue weighted by molar-refractivity contribution is 7.15. The molecule has 0 fully saturated rings. The molecule has 0 bridgehead atoms. The molecule has 3 aromatic rings. The van der Waals surface area contributed by atoms with Crippen molar-refractivity contribution in [2.45, 2.75) is 39.3 Å². The second-order valence-corrected chi connectivity index (χ2v) is 8.47. The lowest BCUT2D eigenvalue weighted by molar-refractivity contribution is 0.243. The fourth-order valence-corrected chi connectivity index (χ4v) is 4.35. The maximum absolute atomic E-state index is 12.5. The molecule has 0 unspecified atom stereocenters. The summed E-state index contributed by atoms with van der Waals surface area (Å²) in [5.74, 6) is 1.83. The predicted octanol–water partition coefficient (Wildman–Crippen LogP) is 3.58. The zero-order chi connectivity index (χ0) is 19.7. The highest BCUT2D eigenvalue weighted by Gasteiger charge is 2.22. The fourth-order valence-electron chi connectivity index (χ4n) is 3.40. The van der Waals surface area contributed by atoms with Crippen LogP contribution < -0.4 is 10.3 Å². The van der Waals surface area contributed by atoms with Crippen LogP contribution in [-0.2, 0) is 19.5 Å². The van der Waals surface area contributed by atoms with E-state index in [1.165, 1.54) is 4.88 Å². The number of aromatic amines is 1. The highest BCUT2D eigenvalue weighted by atomic mass is 32.1. The molecular weight excluding hydrogens is 372 g/mol. The minimum atomic E-state index is -0.000209. The Labute approximate surface area is 168 Å². The lowest BCUT2D eigenvalue weighted by Gasteiger charge is -2.27. The maximum Gasteiger partial charge on any atom is 0.255 e. The summed E-state index contributed by atoms with van der Waals surface area (Å²) < 4.78 is 5.30. The molecule has 7 heteroatoms. The van der Waals surface area contributed by atoms with Gasteiger partial charge in [0.25, 0.3) is 5.56 Å². The first-order valence-corrected chi connectivity index (χ1v) is 10.3. The zero-order valence-electron chi connectivity index (χ0n) is 16.4. The van der Waals surface area contributed by atoms with Crippen LogP contribution in [0.1, 0.15) is 41.7 Å². The lowest BCUT2D eigenvalue weighted by atomic mass is 10.1. The van der Waals surface area contributed by atoms with Crippen LogP contribution in [0.15, 0.2) is 35.3 Å². The van der Waals surface area contributed by atoms with E-state index in [0.29, 0.717) is 6.54 Å². The van der Waals surface area contributed by atoms with Crippen LogP contribution in [0.4, 0.5) is 0 Å². The van der Waals surface area contributed by atoms with Crippen LogP contribution in [0, 0.1) is 0 Å². The number of methoxy groups -OCH3 is 1. The fraction of sp³-hybridized carbons (Fsp3) is 0.381. The van der Waals surface area contributed by atoms with E-state index in [-0.39, 0.29) is 11.5 Å². The van der Waals surface area contributed by atoms with E-state index in [4.69, 9.17) is 4.74 Å². The third kappa shape index (κ3) is 3.86. The monoisotopic (exact) mass is 396 g/mol. The molecule has 0 spiro atoms. The van der Waals surface area contributed by atoms with Gasteiger partial charge in [-0.05, 0) is 12.1 Å². The Morgan fingerprint density at radius 1 is 1.36 bits per heavy atom. The smallest absolute Gasteiger partial charge is 0.255 e. The van der Waals surface area contributed by atoms with Gasteiger partial charge in [-0.3, -0.25) is 9.69 Å². The molecule has 0 amide bonds. The van der Waals surface area contributed by atoms with E-state index in [9.17, 15) is 4.79 Å². The van der Waals surface area contributed by atoms with Gasteiger partial charge in [0.15, 0.2) is 0 Å². The van der Waals surface area contributed by atoms with Gasteiger partial charge in [-0.15, -0.1) is 11.3 Å². The molecule has 1 aliphatic rings. The molecule has 146 valence electrons. The van der Waals surface area contributed by atoms with Crippen LogP contribution in [0.5, 0.6) is 5.75 Å². The lowest BCUT2D eigenvalue weighted by Crippen LogP contribution is -2.35. The second-order valence-electron chi connectivity index (χ2n) is 7.36. The number of H-pyrrole nitrogens is 1. The largest absolute Gasteiger partial charge is 0.497 e. The molecule has 1 N–H and O–H groups in total. The van der Waals surface area contributed by atoms with Gasteiger partial charge in [0.2, 0.25) is 0 Å². The van der Waals surface area contributed by atoms with Crippen molar-refractivity contribution >= 4 is 11.3 Å². The molecule has 4 rings (SSSR count). The number of hydrogen-bond acceptors (Lipinski definition) is 6. The molecule has 3 heterocycles. The SMILES string of the molecule is COc1cccc(-c2ncc(CN3CCc4nc(C(C)C)[nH]c(=O)c4C3)s2)c1. The van der Waals surface area contributed by atoms with E-state index < -0.39 is 0 Å². The number of nitrogens with zero attached hydrogens (tertiary/aromatic N) is 3. The average Bonchev–Trinajstić information content (AvgIpc) is 3.17. The number of rotatable bonds is 5. The first kappa shape index (κ1) is 18.8. The standard InChI is InChI=1S/C21H24N4O2S/c1-13(2)19-23-18-7-8-25(12-17(18)20(26)24-19)11-16-10-22-21(28-16)14-5-4-6-15(9-14)27-3/h4-6,9-10,13H,7-8,11-12H2,1-3H3,(H,23,24,26). The molecular formula is C21H24N4O2S. The molecule has 6 nitrogen and oxygen atoms in total. The zero-order valence-corrected chi connectivity index (χ0v) is 17.2. The minimum absolute atomic E-state index is 0.000209. The molecule has 1 aromatic carbocycles. The van der Waals surface area contributed by atoms with Gasteiger partial charge < -0.3 is 9.72 Å². The summed E-state index contributed by atoms with van der Waals surface area (Å²) in [7, 11) is 1.67. The maximum atomic E-state index is 12.5. The van der Waals surface area contributed by atoms with E-state index >= 15 is 0 Å². The topological polar surface area (TPSA) is 71.1 Å². The minimum Gasteiger partial charge on any atom is -0.497 e. The molecule has 0 aliphatic carbocycles. The molecule has 0 radical (unpaired) electrons. The molecule has 28 heavy (non-hydrogen) atoms. The van der Waals surface area contributed by atoms with Crippen LogP contribution in [0.3, 0.4) is 0 Å². The summed E-state index contributed by atoms with van der Waals surface area (Å²) in [6.07, 6.45) is 2.74. The number of aromatic nitrogens is 3. The van der Waals surface area contributed by atoms with E-state index in [1.54, 1.807) is 18.4 Å². The van der Waals surface area contributed by atoms with Crippen molar-refractivity contribution in [1.82, 2.24) is 19.9 Å². The van der Waals surface area contributed by atoms with Gasteiger partial charge in [-0.25, -0.2) is 9.97 Å². The second kappa shape index (κ2) is 7.85. The number of benzene rings is 1. The van der Waals surface area contributed by atoms with Crippen LogP contribution >= 0.6 is 11.3 Å². The molecule has 0 saturated heterocycles.